The van der Waals surface area contributed by atoms with Gasteiger partial charge in [0, 0.05) is 7.05 Å². The van der Waals surface area contributed by atoms with Crippen LogP contribution >= 0.6 is 11.6 Å². The van der Waals surface area contributed by atoms with Crippen LogP contribution in [0.4, 0.5) is 4.79 Å². The fourth-order valence-electron chi connectivity index (χ4n) is 1.20. The molecule has 0 aliphatic carbocycles. The minimum atomic E-state index is -0.520. The van der Waals surface area contributed by atoms with Gasteiger partial charge in [0.1, 0.15) is 0 Å². The lowest BCUT2D eigenvalue weighted by Gasteiger charge is -2.20. The van der Waals surface area contributed by atoms with Crippen molar-refractivity contribution < 1.29 is 9.53 Å². The molecule has 0 fully saturated rings. The highest BCUT2D eigenvalue weighted by Crippen LogP contribution is 2.31. The van der Waals surface area contributed by atoms with Crippen molar-refractivity contribution in [3.05, 3.63) is 28.8 Å². The van der Waals surface area contributed by atoms with Crippen LogP contribution in [0, 0.1) is 0 Å². The van der Waals surface area contributed by atoms with Gasteiger partial charge in [-0.05, 0) is 23.1 Å². The van der Waals surface area contributed by atoms with Crippen LogP contribution in [0.25, 0.3) is 0 Å². The first kappa shape index (κ1) is 12.8. The molecular formula is C12H16ClNO2. The van der Waals surface area contributed by atoms with Gasteiger partial charge in [-0.2, -0.15) is 0 Å². The molecular weight excluding hydrogens is 226 g/mol. The summed E-state index contributed by atoms with van der Waals surface area (Å²) in [6.07, 6.45) is -0.520. The minimum Gasteiger partial charge on any atom is -0.409 e. The molecule has 0 saturated heterocycles. The second-order valence-electron chi connectivity index (χ2n) is 4.53. The molecule has 0 saturated carbocycles. The molecule has 0 aliphatic heterocycles. The molecule has 16 heavy (non-hydrogen) atoms. The van der Waals surface area contributed by atoms with Crippen molar-refractivity contribution in [2.24, 2.45) is 0 Å². The Kier molecular flexibility index (Phi) is 3.81. The normalized spacial score (nSPS) is 11.1. The lowest BCUT2D eigenvalue weighted by molar-refractivity contribution is 0.203. The molecule has 0 heterocycles. The number of benzene rings is 1. The molecule has 0 bridgehead atoms. The van der Waals surface area contributed by atoms with Gasteiger partial charge in [-0.25, -0.2) is 4.79 Å². The van der Waals surface area contributed by atoms with Gasteiger partial charge in [0.25, 0.3) is 0 Å². The van der Waals surface area contributed by atoms with Crippen LogP contribution in [-0.2, 0) is 5.41 Å². The topological polar surface area (TPSA) is 38.3 Å². The molecule has 3 nitrogen and oxygen atoms in total. The van der Waals surface area contributed by atoms with Crippen molar-refractivity contribution in [3.63, 3.8) is 0 Å². The zero-order valence-corrected chi connectivity index (χ0v) is 10.7. The largest absolute Gasteiger partial charge is 0.412 e. The first-order valence-electron chi connectivity index (χ1n) is 5.04. The molecule has 0 aromatic heterocycles. The predicted octanol–water partition coefficient (Wildman–Crippen LogP) is 3.36. The molecule has 1 rings (SSSR count). The van der Waals surface area contributed by atoms with E-state index in [0.29, 0.717) is 10.8 Å². The van der Waals surface area contributed by atoms with E-state index in [1.165, 1.54) is 7.05 Å². The minimum absolute atomic E-state index is 0.00854. The van der Waals surface area contributed by atoms with Crippen LogP contribution in [0.1, 0.15) is 26.3 Å². The average molecular weight is 242 g/mol. The Morgan fingerprint density at radius 1 is 1.38 bits per heavy atom. The summed E-state index contributed by atoms with van der Waals surface area (Å²) < 4.78 is 5.05. The molecule has 4 heteroatoms. The summed E-state index contributed by atoms with van der Waals surface area (Å²) in [6.45, 7) is 6.25. The fraction of sp³-hybridized carbons (Fsp3) is 0.417. The van der Waals surface area contributed by atoms with E-state index in [2.05, 4.69) is 26.1 Å². The van der Waals surface area contributed by atoms with Gasteiger partial charge in [0.15, 0.2) is 5.75 Å². The van der Waals surface area contributed by atoms with Crippen LogP contribution in [0.3, 0.4) is 0 Å². The Morgan fingerprint density at radius 2 is 2.00 bits per heavy atom. The van der Waals surface area contributed by atoms with Crippen LogP contribution in [-0.4, -0.2) is 13.1 Å². The number of carbonyl (C=O) groups excluding carboxylic acids is 1. The number of carbonyl (C=O) groups is 1. The quantitative estimate of drug-likeness (QED) is 0.819. The fourth-order valence-corrected chi connectivity index (χ4v) is 1.36. The molecule has 0 spiro atoms. The second-order valence-corrected chi connectivity index (χ2v) is 4.94. The summed E-state index contributed by atoms with van der Waals surface area (Å²) in [6, 6.07) is 5.46. The summed E-state index contributed by atoms with van der Waals surface area (Å²) in [4.78, 5) is 11.1. The highest BCUT2D eigenvalue weighted by molar-refractivity contribution is 6.32. The monoisotopic (exact) mass is 241 g/mol. The van der Waals surface area contributed by atoms with E-state index in [9.17, 15) is 4.79 Å². The average Bonchev–Trinajstić information content (AvgIpc) is 2.19. The smallest absolute Gasteiger partial charge is 0.409 e. The highest BCUT2D eigenvalue weighted by Gasteiger charge is 2.16. The van der Waals surface area contributed by atoms with E-state index in [4.69, 9.17) is 16.3 Å². The number of hydrogen-bond acceptors (Lipinski definition) is 2. The third kappa shape index (κ3) is 3.14. The van der Waals surface area contributed by atoms with E-state index >= 15 is 0 Å². The van der Waals surface area contributed by atoms with E-state index < -0.39 is 6.09 Å². The SMILES string of the molecule is CNC(=O)Oc1cc(C(C)(C)C)ccc1Cl. The van der Waals surface area contributed by atoms with Gasteiger partial charge in [-0.1, -0.05) is 38.4 Å². The number of nitrogens with one attached hydrogen (secondary N) is 1. The Morgan fingerprint density at radius 3 is 2.50 bits per heavy atom. The van der Waals surface area contributed by atoms with Gasteiger partial charge in [-0.3, -0.25) is 0 Å². The molecule has 88 valence electrons. The highest BCUT2D eigenvalue weighted by atomic mass is 35.5. The van der Waals surface area contributed by atoms with Crippen molar-refractivity contribution >= 4 is 17.7 Å². The summed E-state index contributed by atoms with van der Waals surface area (Å²) in [5.74, 6) is 0.383. The maximum atomic E-state index is 11.1. The number of ether oxygens (including phenoxy) is 1. The summed E-state index contributed by atoms with van der Waals surface area (Å²) in [5.41, 5.74) is 1.06. The molecule has 0 radical (unpaired) electrons. The number of hydrogen-bond donors (Lipinski definition) is 1. The number of rotatable bonds is 1. The summed E-state index contributed by atoms with van der Waals surface area (Å²) >= 11 is 5.94. The molecule has 1 aromatic carbocycles. The van der Waals surface area contributed by atoms with Crippen LogP contribution in [0.15, 0.2) is 18.2 Å². The first-order valence-corrected chi connectivity index (χ1v) is 5.42. The Labute approximate surface area is 101 Å². The van der Waals surface area contributed by atoms with Crippen molar-refractivity contribution in [2.45, 2.75) is 26.2 Å². The van der Waals surface area contributed by atoms with Gasteiger partial charge < -0.3 is 10.1 Å². The standard InChI is InChI=1S/C12H16ClNO2/c1-12(2,3)8-5-6-9(13)10(7-8)16-11(15)14-4/h5-7H,1-4H3,(H,14,15). The molecule has 1 aromatic rings. The zero-order valence-electron chi connectivity index (χ0n) is 9.93. The van der Waals surface area contributed by atoms with Crippen molar-refractivity contribution in [1.82, 2.24) is 5.32 Å². The van der Waals surface area contributed by atoms with E-state index in [1.54, 1.807) is 12.1 Å². The maximum Gasteiger partial charge on any atom is 0.412 e. The van der Waals surface area contributed by atoms with Crippen LogP contribution in [0.2, 0.25) is 5.02 Å². The summed E-state index contributed by atoms with van der Waals surface area (Å²) in [5, 5.41) is 2.81. The van der Waals surface area contributed by atoms with Gasteiger partial charge in [0.05, 0.1) is 5.02 Å². The van der Waals surface area contributed by atoms with Crippen LogP contribution < -0.4 is 10.1 Å². The lowest BCUT2D eigenvalue weighted by atomic mass is 9.87. The third-order valence-corrected chi connectivity index (χ3v) is 2.52. The Bertz CT molecular complexity index is 396. The molecule has 1 amide bonds. The maximum absolute atomic E-state index is 11.1. The second kappa shape index (κ2) is 4.74. The number of amides is 1. The van der Waals surface area contributed by atoms with Gasteiger partial charge >= 0.3 is 6.09 Å². The van der Waals surface area contributed by atoms with Gasteiger partial charge in [0.2, 0.25) is 0 Å². The van der Waals surface area contributed by atoms with E-state index in [0.717, 1.165) is 5.56 Å². The number of halogens is 1. The van der Waals surface area contributed by atoms with Crippen LogP contribution in [0.5, 0.6) is 5.75 Å². The summed E-state index contributed by atoms with van der Waals surface area (Å²) in [7, 11) is 1.50. The molecule has 0 aliphatic rings. The first-order chi connectivity index (χ1) is 7.34. The molecule has 0 atom stereocenters. The Balaban J connectivity index is 3.04. The van der Waals surface area contributed by atoms with Crippen molar-refractivity contribution in [2.75, 3.05) is 7.05 Å². The third-order valence-electron chi connectivity index (χ3n) is 2.20. The molecule has 0 unspecified atom stereocenters. The molecule has 1 N–H and O–H groups in total. The lowest BCUT2D eigenvalue weighted by Crippen LogP contribution is -2.22. The van der Waals surface area contributed by atoms with E-state index in [-0.39, 0.29) is 5.41 Å². The Hall–Kier alpha value is -1.22. The zero-order chi connectivity index (χ0) is 12.3. The predicted molar refractivity (Wildman–Crippen MR) is 65.2 cm³/mol. The van der Waals surface area contributed by atoms with Crippen molar-refractivity contribution in [1.29, 1.82) is 0 Å². The van der Waals surface area contributed by atoms with Crippen molar-refractivity contribution in [3.8, 4) is 5.75 Å². The van der Waals surface area contributed by atoms with Gasteiger partial charge in [-0.15, -0.1) is 0 Å². The van der Waals surface area contributed by atoms with E-state index in [1.807, 2.05) is 6.07 Å².